The predicted molar refractivity (Wildman–Crippen MR) is 122 cm³/mol. The molecule has 0 fully saturated rings. The average Bonchev–Trinajstić information content (AvgIpc) is 3.30. The molecule has 0 bridgehead atoms. The summed E-state index contributed by atoms with van der Waals surface area (Å²) >= 11 is 0. The monoisotopic (exact) mass is 430 g/mol. The van der Waals surface area contributed by atoms with Crippen LogP contribution in [0.1, 0.15) is 5.56 Å². The second kappa shape index (κ2) is 8.50. The summed E-state index contributed by atoms with van der Waals surface area (Å²) in [5.74, 6) is 3.49. The molecule has 0 saturated heterocycles. The van der Waals surface area contributed by atoms with Gasteiger partial charge in [0.2, 0.25) is 6.79 Å². The third-order valence-electron chi connectivity index (χ3n) is 5.20. The van der Waals surface area contributed by atoms with E-state index in [4.69, 9.17) is 18.9 Å². The molecule has 1 aromatic heterocycles. The molecule has 0 saturated carbocycles. The molecule has 2 N–H and O–H groups in total. The molecule has 0 unspecified atom stereocenters. The molecule has 1 aliphatic heterocycles. The highest BCUT2D eigenvalue weighted by Gasteiger charge is 2.13. The molecule has 1 aliphatic rings. The van der Waals surface area contributed by atoms with Crippen molar-refractivity contribution in [2.75, 3.05) is 31.6 Å². The largest absolute Gasteiger partial charge is 0.493 e. The average molecular weight is 430 g/mol. The minimum absolute atomic E-state index is 0.274. The topological polar surface area (TPSA) is 86.8 Å². The first-order valence-corrected chi connectivity index (χ1v) is 10.1. The van der Waals surface area contributed by atoms with Crippen LogP contribution in [0.4, 0.5) is 17.2 Å². The van der Waals surface area contributed by atoms with Crippen molar-refractivity contribution in [3.8, 4) is 23.0 Å². The maximum Gasteiger partial charge on any atom is 0.231 e. The van der Waals surface area contributed by atoms with Crippen LogP contribution in [0.25, 0.3) is 10.9 Å². The Kier molecular flexibility index (Phi) is 5.25. The van der Waals surface area contributed by atoms with Crippen molar-refractivity contribution < 1.29 is 18.9 Å². The summed E-state index contributed by atoms with van der Waals surface area (Å²) < 4.78 is 21.6. The molecule has 0 atom stereocenters. The third kappa shape index (κ3) is 3.90. The van der Waals surface area contributed by atoms with Gasteiger partial charge in [0.25, 0.3) is 0 Å². The van der Waals surface area contributed by atoms with Crippen molar-refractivity contribution in [3.63, 3.8) is 0 Å². The first kappa shape index (κ1) is 19.7. The SMILES string of the molecule is COc1cc2ncnc(Nc3cccc(NCc4ccc5c(c4)OCO5)c3)c2cc1OC. The lowest BCUT2D eigenvalue weighted by Gasteiger charge is -2.13. The van der Waals surface area contributed by atoms with Crippen molar-refractivity contribution in [2.24, 2.45) is 0 Å². The number of methoxy groups -OCH3 is 2. The van der Waals surface area contributed by atoms with Crippen LogP contribution in [0.2, 0.25) is 0 Å². The van der Waals surface area contributed by atoms with Gasteiger partial charge in [-0.1, -0.05) is 12.1 Å². The minimum atomic E-state index is 0.274. The van der Waals surface area contributed by atoms with E-state index in [0.717, 1.165) is 39.3 Å². The Morgan fingerprint density at radius 2 is 1.69 bits per heavy atom. The van der Waals surface area contributed by atoms with Crippen LogP contribution in [-0.2, 0) is 6.54 Å². The smallest absolute Gasteiger partial charge is 0.231 e. The van der Waals surface area contributed by atoms with E-state index in [1.54, 1.807) is 14.2 Å². The van der Waals surface area contributed by atoms with Crippen LogP contribution in [0.5, 0.6) is 23.0 Å². The highest BCUT2D eigenvalue weighted by molar-refractivity contribution is 5.93. The van der Waals surface area contributed by atoms with Gasteiger partial charge in [0.15, 0.2) is 23.0 Å². The van der Waals surface area contributed by atoms with Gasteiger partial charge in [0.1, 0.15) is 12.1 Å². The van der Waals surface area contributed by atoms with E-state index >= 15 is 0 Å². The maximum absolute atomic E-state index is 5.45. The molecular weight excluding hydrogens is 408 g/mol. The number of aromatic nitrogens is 2. The Hall–Kier alpha value is -4.20. The lowest BCUT2D eigenvalue weighted by Crippen LogP contribution is -2.01. The van der Waals surface area contributed by atoms with Gasteiger partial charge in [0, 0.05) is 29.4 Å². The second-order valence-corrected chi connectivity index (χ2v) is 7.19. The molecule has 3 aromatic carbocycles. The van der Waals surface area contributed by atoms with Crippen molar-refractivity contribution in [3.05, 3.63) is 66.5 Å². The summed E-state index contributed by atoms with van der Waals surface area (Å²) in [6.07, 6.45) is 1.53. The number of ether oxygens (including phenoxy) is 4. The molecule has 8 nitrogen and oxygen atoms in total. The standard InChI is InChI=1S/C24H22N4O4/c1-29-21-10-18-19(11-22(21)30-2)26-13-27-24(18)28-17-5-3-4-16(9-17)25-12-15-6-7-20-23(8-15)32-14-31-20/h3-11,13,25H,12,14H2,1-2H3,(H,26,27,28). The van der Waals surface area contributed by atoms with E-state index in [-0.39, 0.29) is 6.79 Å². The zero-order valence-corrected chi connectivity index (χ0v) is 17.7. The predicted octanol–water partition coefficient (Wildman–Crippen LogP) is 4.73. The van der Waals surface area contributed by atoms with Gasteiger partial charge >= 0.3 is 0 Å². The summed E-state index contributed by atoms with van der Waals surface area (Å²) in [7, 11) is 3.21. The molecule has 2 heterocycles. The Morgan fingerprint density at radius 3 is 2.56 bits per heavy atom. The van der Waals surface area contributed by atoms with Crippen LogP contribution < -0.4 is 29.6 Å². The summed E-state index contributed by atoms with van der Waals surface area (Å²) in [5, 5.41) is 7.66. The van der Waals surface area contributed by atoms with E-state index in [0.29, 0.717) is 23.9 Å². The van der Waals surface area contributed by atoms with E-state index in [1.165, 1.54) is 6.33 Å². The van der Waals surface area contributed by atoms with Crippen molar-refractivity contribution in [1.29, 1.82) is 0 Å². The van der Waals surface area contributed by atoms with E-state index in [9.17, 15) is 0 Å². The third-order valence-corrected chi connectivity index (χ3v) is 5.20. The number of rotatable bonds is 7. The molecule has 162 valence electrons. The fourth-order valence-electron chi connectivity index (χ4n) is 3.58. The summed E-state index contributed by atoms with van der Waals surface area (Å²) in [4.78, 5) is 8.78. The number of fused-ring (bicyclic) bond motifs is 2. The lowest BCUT2D eigenvalue weighted by atomic mass is 10.2. The Bertz CT molecular complexity index is 1280. The molecule has 0 spiro atoms. The Labute approximate surface area is 185 Å². The van der Waals surface area contributed by atoms with Gasteiger partial charge in [0.05, 0.1) is 19.7 Å². The number of nitrogens with one attached hydrogen (secondary N) is 2. The number of nitrogens with zero attached hydrogens (tertiary/aromatic N) is 2. The normalized spacial score (nSPS) is 11.9. The minimum Gasteiger partial charge on any atom is -0.493 e. The Morgan fingerprint density at radius 1 is 0.875 bits per heavy atom. The molecule has 5 rings (SSSR count). The van der Waals surface area contributed by atoms with Crippen molar-refractivity contribution in [1.82, 2.24) is 9.97 Å². The van der Waals surface area contributed by atoms with Gasteiger partial charge in [-0.05, 0) is 42.0 Å². The molecule has 0 radical (unpaired) electrons. The van der Waals surface area contributed by atoms with Crippen LogP contribution >= 0.6 is 0 Å². The fourth-order valence-corrected chi connectivity index (χ4v) is 3.58. The van der Waals surface area contributed by atoms with E-state index < -0.39 is 0 Å². The first-order chi connectivity index (χ1) is 15.7. The first-order valence-electron chi connectivity index (χ1n) is 10.1. The van der Waals surface area contributed by atoms with Gasteiger partial charge in [-0.15, -0.1) is 0 Å². The zero-order valence-electron chi connectivity index (χ0n) is 17.7. The number of hydrogen-bond acceptors (Lipinski definition) is 8. The van der Waals surface area contributed by atoms with Gasteiger partial charge in [-0.2, -0.15) is 0 Å². The summed E-state index contributed by atoms with van der Waals surface area (Å²) in [6.45, 7) is 0.934. The van der Waals surface area contributed by atoms with E-state index in [2.05, 4.69) is 20.6 Å². The van der Waals surface area contributed by atoms with Gasteiger partial charge in [-0.25, -0.2) is 9.97 Å². The highest BCUT2D eigenvalue weighted by atomic mass is 16.7. The molecular formula is C24H22N4O4. The van der Waals surface area contributed by atoms with Gasteiger partial charge in [-0.3, -0.25) is 0 Å². The summed E-state index contributed by atoms with van der Waals surface area (Å²) in [6, 6.07) is 17.7. The quantitative estimate of drug-likeness (QED) is 0.435. The second-order valence-electron chi connectivity index (χ2n) is 7.19. The summed E-state index contributed by atoms with van der Waals surface area (Å²) in [5.41, 5.74) is 3.74. The van der Waals surface area contributed by atoms with Crippen molar-refractivity contribution >= 4 is 28.1 Å². The zero-order chi connectivity index (χ0) is 21.9. The molecule has 0 aliphatic carbocycles. The van der Waals surface area contributed by atoms with Crippen molar-refractivity contribution in [2.45, 2.75) is 6.54 Å². The van der Waals surface area contributed by atoms with Crippen LogP contribution in [0, 0.1) is 0 Å². The number of anilines is 3. The molecule has 8 heteroatoms. The fraction of sp³-hybridized carbons (Fsp3) is 0.167. The van der Waals surface area contributed by atoms with Crippen LogP contribution in [0.15, 0.2) is 60.9 Å². The lowest BCUT2D eigenvalue weighted by molar-refractivity contribution is 0.174. The number of benzene rings is 3. The highest BCUT2D eigenvalue weighted by Crippen LogP contribution is 2.35. The van der Waals surface area contributed by atoms with Crippen LogP contribution in [0.3, 0.4) is 0 Å². The van der Waals surface area contributed by atoms with Crippen LogP contribution in [-0.4, -0.2) is 31.0 Å². The maximum atomic E-state index is 5.45. The molecule has 0 amide bonds. The van der Waals surface area contributed by atoms with Gasteiger partial charge < -0.3 is 29.6 Å². The molecule has 4 aromatic rings. The number of hydrogen-bond donors (Lipinski definition) is 2. The molecule has 32 heavy (non-hydrogen) atoms. The Balaban J connectivity index is 1.35. The van der Waals surface area contributed by atoms with E-state index in [1.807, 2.05) is 54.6 Å².